The Hall–Kier alpha value is -0.900. The summed E-state index contributed by atoms with van der Waals surface area (Å²) in [7, 11) is 0. The smallest absolute Gasteiger partial charge is 0.314 e. The van der Waals surface area contributed by atoms with Crippen molar-refractivity contribution in [2.45, 2.75) is 31.1 Å². The van der Waals surface area contributed by atoms with E-state index < -0.39 is 11.4 Å². The van der Waals surface area contributed by atoms with Gasteiger partial charge in [0.15, 0.2) is 5.13 Å². The number of rotatable bonds is 2. The Morgan fingerprint density at radius 1 is 1.43 bits per heavy atom. The minimum atomic E-state index is -0.808. The normalized spacial score (nSPS) is 19.8. The van der Waals surface area contributed by atoms with Gasteiger partial charge >= 0.3 is 5.97 Å². The average molecular weight is 214 g/mol. The fourth-order valence-electron chi connectivity index (χ4n) is 2.12. The second-order valence-corrected chi connectivity index (χ2v) is 4.73. The zero-order valence-corrected chi connectivity index (χ0v) is 8.44. The van der Waals surface area contributed by atoms with Crippen LogP contribution in [0.2, 0.25) is 0 Å². The van der Waals surface area contributed by atoms with E-state index in [0.717, 1.165) is 24.2 Å². The van der Waals surface area contributed by atoms with Crippen LogP contribution >= 0.6 is 11.3 Å². The summed E-state index contributed by atoms with van der Waals surface area (Å²) in [5, 5.41) is 8.91. The molecule has 1 fully saturated rings. The molecular formula is C10H11FO2S. The molecule has 1 heterocycles. The fourth-order valence-corrected chi connectivity index (χ4v) is 3.08. The molecule has 1 aliphatic carbocycles. The van der Waals surface area contributed by atoms with Gasteiger partial charge in [0.05, 0.1) is 0 Å². The van der Waals surface area contributed by atoms with Crippen LogP contribution in [-0.4, -0.2) is 11.1 Å². The van der Waals surface area contributed by atoms with Gasteiger partial charge < -0.3 is 5.11 Å². The first-order valence-electron chi connectivity index (χ1n) is 4.64. The Morgan fingerprint density at radius 3 is 2.50 bits per heavy atom. The summed E-state index contributed by atoms with van der Waals surface area (Å²) in [6.07, 6.45) is 3.13. The number of carboxylic acid groups (broad SMARTS) is 1. The molecule has 4 heteroatoms. The highest BCUT2D eigenvalue weighted by molar-refractivity contribution is 7.10. The number of hydrogen-bond acceptors (Lipinski definition) is 2. The van der Waals surface area contributed by atoms with Crippen LogP contribution in [0, 0.1) is 5.13 Å². The summed E-state index contributed by atoms with van der Waals surface area (Å²) in [6, 6.07) is 2.96. The van der Waals surface area contributed by atoms with E-state index >= 15 is 0 Å². The summed E-state index contributed by atoms with van der Waals surface area (Å²) < 4.78 is 12.8. The molecule has 14 heavy (non-hydrogen) atoms. The van der Waals surface area contributed by atoms with E-state index in [1.54, 1.807) is 6.07 Å². The second-order valence-electron chi connectivity index (χ2n) is 3.70. The van der Waals surface area contributed by atoms with Crippen molar-refractivity contribution in [1.29, 1.82) is 0 Å². The van der Waals surface area contributed by atoms with Gasteiger partial charge in [-0.25, -0.2) is 0 Å². The minimum Gasteiger partial charge on any atom is -0.481 e. The van der Waals surface area contributed by atoms with Crippen molar-refractivity contribution in [2.75, 3.05) is 0 Å². The van der Waals surface area contributed by atoms with Crippen LogP contribution in [0.4, 0.5) is 4.39 Å². The number of halogens is 1. The molecule has 0 saturated heterocycles. The van der Waals surface area contributed by atoms with Gasteiger partial charge in [0.25, 0.3) is 0 Å². The van der Waals surface area contributed by atoms with Gasteiger partial charge in [0.1, 0.15) is 5.41 Å². The number of thiophene rings is 1. The lowest BCUT2D eigenvalue weighted by Crippen LogP contribution is -2.31. The molecule has 1 saturated carbocycles. The molecule has 0 aliphatic heterocycles. The fraction of sp³-hybridized carbons (Fsp3) is 0.500. The quantitative estimate of drug-likeness (QED) is 0.821. The highest BCUT2D eigenvalue weighted by atomic mass is 32.1. The molecule has 2 nitrogen and oxygen atoms in total. The maximum absolute atomic E-state index is 12.8. The van der Waals surface area contributed by atoms with E-state index in [0.29, 0.717) is 17.7 Å². The van der Waals surface area contributed by atoms with Gasteiger partial charge in [0, 0.05) is 4.88 Å². The van der Waals surface area contributed by atoms with Gasteiger partial charge in [-0.1, -0.05) is 12.8 Å². The SMILES string of the molecule is O=C(O)C1(c2ccc(F)s2)CCCC1. The predicted octanol–water partition coefficient (Wildman–Crippen LogP) is 2.78. The van der Waals surface area contributed by atoms with Gasteiger partial charge in [-0.2, -0.15) is 4.39 Å². The maximum atomic E-state index is 12.8. The topological polar surface area (TPSA) is 37.3 Å². The van der Waals surface area contributed by atoms with Crippen LogP contribution in [0.3, 0.4) is 0 Å². The van der Waals surface area contributed by atoms with Crippen LogP contribution in [0.15, 0.2) is 12.1 Å². The summed E-state index contributed by atoms with van der Waals surface area (Å²) in [5.74, 6) is -0.808. The summed E-state index contributed by atoms with van der Waals surface area (Å²) in [6.45, 7) is 0. The van der Waals surface area contributed by atoms with Gasteiger partial charge in [0.2, 0.25) is 0 Å². The van der Waals surface area contributed by atoms with Crippen LogP contribution in [-0.2, 0) is 10.2 Å². The van der Waals surface area contributed by atoms with Crippen molar-refractivity contribution in [1.82, 2.24) is 0 Å². The molecule has 0 radical (unpaired) electrons. The molecule has 76 valence electrons. The molecule has 0 bridgehead atoms. The van der Waals surface area contributed by atoms with E-state index in [2.05, 4.69) is 0 Å². The van der Waals surface area contributed by atoms with E-state index in [-0.39, 0.29) is 5.13 Å². The third kappa shape index (κ3) is 1.34. The molecular weight excluding hydrogens is 203 g/mol. The first-order valence-corrected chi connectivity index (χ1v) is 5.46. The lowest BCUT2D eigenvalue weighted by molar-refractivity contribution is -0.143. The molecule has 0 aromatic carbocycles. The van der Waals surface area contributed by atoms with Crippen LogP contribution in [0.1, 0.15) is 30.6 Å². The Bertz CT molecular complexity index is 353. The number of carbonyl (C=O) groups is 1. The Balaban J connectivity index is 2.41. The molecule has 1 N–H and O–H groups in total. The lowest BCUT2D eigenvalue weighted by atomic mass is 9.85. The average Bonchev–Trinajstić information content (AvgIpc) is 2.71. The predicted molar refractivity (Wildman–Crippen MR) is 52.1 cm³/mol. The minimum absolute atomic E-state index is 0.299. The standard InChI is InChI=1S/C10H11FO2S/c11-8-4-3-7(14-8)10(9(12)13)5-1-2-6-10/h3-4H,1-2,5-6H2,(H,12,13). The van der Waals surface area contributed by atoms with Crippen LogP contribution < -0.4 is 0 Å². The summed E-state index contributed by atoms with van der Waals surface area (Å²) in [5.41, 5.74) is -0.797. The zero-order valence-electron chi connectivity index (χ0n) is 7.62. The van der Waals surface area contributed by atoms with E-state index in [4.69, 9.17) is 0 Å². The van der Waals surface area contributed by atoms with Crippen molar-refractivity contribution in [3.8, 4) is 0 Å². The Kier molecular flexibility index (Phi) is 2.31. The number of hydrogen-bond donors (Lipinski definition) is 1. The van der Waals surface area contributed by atoms with Gasteiger partial charge in [-0.05, 0) is 25.0 Å². The molecule has 0 spiro atoms. The molecule has 0 atom stereocenters. The van der Waals surface area contributed by atoms with Crippen molar-refractivity contribution < 1.29 is 14.3 Å². The lowest BCUT2D eigenvalue weighted by Gasteiger charge is -2.21. The monoisotopic (exact) mass is 214 g/mol. The second kappa shape index (κ2) is 3.35. The molecule has 0 amide bonds. The molecule has 0 unspecified atom stereocenters. The van der Waals surface area contributed by atoms with Crippen LogP contribution in [0.5, 0.6) is 0 Å². The molecule has 1 aromatic heterocycles. The first kappa shape index (κ1) is 9.65. The zero-order chi connectivity index (χ0) is 10.2. The number of carboxylic acids is 1. The van der Waals surface area contributed by atoms with Crippen molar-refractivity contribution >= 4 is 17.3 Å². The van der Waals surface area contributed by atoms with Crippen molar-refractivity contribution in [2.24, 2.45) is 0 Å². The largest absolute Gasteiger partial charge is 0.481 e. The third-order valence-corrected chi connectivity index (χ3v) is 3.99. The molecule has 1 aliphatic rings. The molecule has 1 aromatic rings. The van der Waals surface area contributed by atoms with Crippen molar-refractivity contribution in [3.05, 3.63) is 22.1 Å². The maximum Gasteiger partial charge on any atom is 0.314 e. The van der Waals surface area contributed by atoms with E-state index in [1.165, 1.54) is 6.07 Å². The van der Waals surface area contributed by atoms with Crippen LogP contribution in [0.25, 0.3) is 0 Å². The molecule has 2 rings (SSSR count). The Morgan fingerprint density at radius 2 is 2.07 bits per heavy atom. The first-order chi connectivity index (χ1) is 6.65. The highest BCUT2D eigenvalue weighted by Crippen LogP contribution is 2.43. The summed E-state index contributed by atoms with van der Waals surface area (Å²) in [4.78, 5) is 11.9. The van der Waals surface area contributed by atoms with Crippen molar-refractivity contribution in [3.63, 3.8) is 0 Å². The van der Waals surface area contributed by atoms with Gasteiger partial charge in [-0.15, -0.1) is 11.3 Å². The van der Waals surface area contributed by atoms with E-state index in [1.807, 2.05) is 0 Å². The number of aliphatic carboxylic acids is 1. The summed E-state index contributed by atoms with van der Waals surface area (Å²) >= 11 is 0.965. The Labute approximate surface area is 85.4 Å². The highest BCUT2D eigenvalue weighted by Gasteiger charge is 2.44. The van der Waals surface area contributed by atoms with E-state index in [9.17, 15) is 14.3 Å². The third-order valence-electron chi connectivity index (χ3n) is 2.91. The van der Waals surface area contributed by atoms with Gasteiger partial charge in [-0.3, -0.25) is 4.79 Å².